The molecule has 2 saturated heterocycles. The van der Waals surface area contributed by atoms with Crippen molar-refractivity contribution in [1.82, 2.24) is 5.32 Å². The van der Waals surface area contributed by atoms with Crippen molar-refractivity contribution in [2.45, 2.75) is 30.4 Å². The maximum Gasteiger partial charge on any atom is 0.336 e. The second-order valence-electron chi connectivity index (χ2n) is 6.97. The molecule has 1 aromatic rings. The lowest BCUT2D eigenvalue weighted by molar-refractivity contribution is -0.204. The molecule has 0 radical (unpaired) electrons. The van der Waals surface area contributed by atoms with E-state index in [0.717, 1.165) is 36.2 Å². The van der Waals surface area contributed by atoms with Crippen molar-refractivity contribution in [3.05, 3.63) is 35.4 Å². The van der Waals surface area contributed by atoms with E-state index in [1.807, 2.05) is 6.07 Å². The molecule has 2 fully saturated rings. The molecule has 0 saturated carbocycles. The van der Waals surface area contributed by atoms with E-state index in [4.69, 9.17) is 24.1 Å². The van der Waals surface area contributed by atoms with Gasteiger partial charge in [0.25, 0.3) is 0 Å². The fourth-order valence-corrected chi connectivity index (χ4v) is 4.42. The van der Waals surface area contributed by atoms with Gasteiger partial charge in [-0.25, -0.2) is 9.59 Å². The number of carbonyl (C=O) groups excluding carboxylic acids is 1. The Labute approximate surface area is 156 Å². The van der Waals surface area contributed by atoms with Gasteiger partial charge in [0.05, 0.1) is 19.8 Å². The molecule has 1 aromatic carbocycles. The molecule has 2 aliphatic heterocycles. The number of aliphatic carboxylic acids is 1. The van der Waals surface area contributed by atoms with Gasteiger partial charge in [0, 0.05) is 35.2 Å². The topological polar surface area (TPSA) is 103 Å². The normalized spacial score (nSPS) is 28.9. The highest BCUT2D eigenvalue weighted by Crippen LogP contribution is 2.49. The highest BCUT2D eigenvalue weighted by atomic mass is 16.7. The largest absolute Gasteiger partial charge is 0.497 e. The molecule has 3 aliphatic rings. The van der Waals surface area contributed by atoms with Gasteiger partial charge in [-0.1, -0.05) is 0 Å². The lowest BCUT2D eigenvalue weighted by Crippen LogP contribution is -2.66. The molecule has 4 rings (SSSR count). The van der Waals surface area contributed by atoms with Crippen LogP contribution < -0.4 is 14.8 Å². The van der Waals surface area contributed by atoms with Crippen LogP contribution >= 0.6 is 0 Å². The molecule has 0 amide bonds. The maximum absolute atomic E-state index is 12.1. The first kappa shape index (κ1) is 18.0. The van der Waals surface area contributed by atoms with Gasteiger partial charge in [0.2, 0.25) is 0 Å². The summed E-state index contributed by atoms with van der Waals surface area (Å²) in [4.78, 5) is 22.7. The maximum atomic E-state index is 12.1. The molecule has 0 spiro atoms. The summed E-state index contributed by atoms with van der Waals surface area (Å²) in [5.74, 6) is -1.02. The van der Waals surface area contributed by atoms with Gasteiger partial charge in [-0.15, -0.1) is 0 Å². The highest BCUT2D eigenvalue weighted by molar-refractivity contribution is 5.92. The van der Waals surface area contributed by atoms with Gasteiger partial charge in [0.15, 0.2) is 0 Å². The number of hydrogen-bond donors (Lipinski definition) is 2. The van der Waals surface area contributed by atoms with Crippen LogP contribution in [0.4, 0.5) is 0 Å². The molecular weight excluding hydrogens is 354 g/mol. The van der Waals surface area contributed by atoms with Crippen LogP contribution in [0.1, 0.15) is 17.5 Å². The molecule has 2 N–H and O–H groups in total. The predicted octanol–water partition coefficient (Wildman–Crippen LogP) is 0.770. The molecular formula is C19H21NO7. The number of methoxy groups -OCH3 is 1. The third-order valence-corrected chi connectivity index (χ3v) is 5.53. The molecule has 144 valence electrons. The predicted molar refractivity (Wildman–Crippen MR) is 92.9 cm³/mol. The summed E-state index contributed by atoms with van der Waals surface area (Å²) < 4.78 is 22.5. The average Bonchev–Trinajstić information content (AvgIpc) is 2.66. The smallest absolute Gasteiger partial charge is 0.336 e. The second-order valence-corrected chi connectivity index (χ2v) is 6.97. The monoisotopic (exact) mass is 375 g/mol. The Morgan fingerprint density at radius 1 is 1.37 bits per heavy atom. The van der Waals surface area contributed by atoms with Gasteiger partial charge in [-0.05, 0) is 31.0 Å². The van der Waals surface area contributed by atoms with E-state index in [2.05, 4.69) is 5.32 Å². The first-order valence-electron chi connectivity index (χ1n) is 8.80. The summed E-state index contributed by atoms with van der Waals surface area (Å²) in [5.41, 5.74) is 1.58. The number of carboxylic acid groups (broad SMARTS) is 1. The summed E-state index contributed by atoms with van der Waals surface area (Å²) in [6.45, 7) is 1.65. The number of carboxylic acids is 1. The third-order valence-electron chi connectivity index (χ3n) is 5.53. The number of hydrogen-bond acceptors (Lipinski definition) is 7. The lowest BCUT2D eigenvalue weighted by atomic mass is 9.62. The van der Waals surface area contributed by atoms with E-state index >= 15 is 0 Å². The standard InChI is InChI=1S/C19H21NO7/c1-24-11-6-13-12(15(7-11)27-17(23)3-2-16(21)22)8-14-18-19(13,4-5-20-14)9-25-10-26-18/h2-3,6-7,14,18,20H,4-5,8-10H2,1H3,(H,21,22)/b3-2+/t14-,18+,19-/m1/s1. The number of rotatable bonds is 4. The third kappa shape index (κ3) is 3.09. The molecule has 8 nitrogen and oxygen atoms in total. The number of esters is 1. The van der Waals surface area contributed by atoms with Crippen LogP contribution in [0.2, 0.25) is 0 Å². The number of piperidine rings is 1. The quantitative estimate of drug-likeness (QED) is 0.452. The van der Waals surface area contributed by atoms with Crippen molar-refractivity contribution in [3.63, 3.8) is 0 Å². The van der Waals surface area contributed by atoms with Crippen LogP contribution in [0.15, 0.2) is 24.3 Å². The number of nitrogens with one attached hydrogen (secondary N) is 1. The van der Waals surface area contributed by atoms with Crippen molar-refractivity contribution in [2.24, 2.45) is 0 Å². The minimum absolute atomic E-state index is 0.0185. The van der Waals surface area contributed by atoms with Crippen LogP contribution in [0.25, 0.3) is 0 Å². The van der Waals surface area contributed by atoms with Crippen LogP contribution in [0, 0.1) is 0 Å². The SMILES string of the molecule is COc1cc(OC(=O)/C=C/C(=O)O)c2c(c1)[C@]13CCN[C@H](C2)[C@@H]1OCOC3. The second kappa shape index (κ2) is 6.95. The minimum Gasteiger partial charge on any atom is -0.497 e. The number of fused-ring (bicyclic) bond motifs is 1. The summed E-state index contributed by atoms with van der Waals surface area (Å²) in [6, 6.07) is 3.71. The van der Waals surface area contributed by atoms with Crippen LogP contribution in [0.3, 0.4) is 0 Å². The number of ether oxygens (including phenoxy) is 4. The first-order valence-corrected chi connectivity index (χ1v) is 8.80. The van der Waals surface area contributed by atoms with E-state index in [1.165, 1.54) is 0 Å². The zero-order valence-corrected chi connectivity index (χ0v) is 14.9. The summed E-state index contributed by atoms with van der Waals surface area (Å²) in [6.07, 6.45) is 3.10. The number of carbonyl (C=O) groups is 2. The summed E-state index contributed by atoms with van der Waals surface area (Å²) in [5, 5.41) is 12.2. The van der Waals surface area contributed by atoms with E-state index < -0.39 is 11.9 Å². The fraction of sp³-hybridized carbons (Fsp3) is 0.474. The summed E-state index contributed by atoms with van der Waals surface area (Å²) >= 11 is 0. The molecule has 0 unspecified atom stereocenters. The van der Waals surface area contributed by atoms with E-state index in [-0.39, 0.29) is 24.4 Å². The van der Waals surface area contributed by atoms with E-state index in [1.54, 1.807) is 13.2 Å². The Balaban J connectivity index is 1.77. The molecule has 2 heterocycles. The van der Waals surface area contributed by atoms with Gasteiger partial charge in [-0.3, -0.25) is 0 Å². The minimum atomic E-state index is -1.21. The van der Waals surface area contributed by atoms with Gasteiger partial charge in [-0.2, -0.15) is 0 Å². The molecule has 8 heteroatoms. The van der Waals surface area contributed by atoms with Crippen LogP contribution in [-0.2, 0) is 30.9 Å². The van der Waals surface area contributed by atoms with Gasteiger partial charge in [0.1, 0.15) is 18.3 Å². The molecule has 1 aliphatic carbocycles. The average molecular weight is 375 g/mol. The Morgan fingerprint density at radius 2 is 2.22 bits per heavy atom. The van der Waals surface area contributed by atoms with Crippen LogP contribution in [-0.4, -0.2) is 56.2 Å². The zero-order valence-electron chi connectivity index (χ0n) is 14.9. The molecule has 0 aromatic heterocycles. The molecule has 3 atom stereocenters. The Morgan fingerprint density at radius 3 is 3.00 bits per heavy atom. The first-order chi connectivity index (χ1) is 13.0. The van der Waals surface area contributed by atoms with E-state index in [0.29, 0.717) is 24.5 Å². The van der Waals surface area contributed by atoms with Crippen molar-refractivity contribution in [1.29, 1.82) is 0 Å². The summed E-state index contributed by atoms with van der Waals surface area (Å²) in [7, 11) is 1.55. The Bertz CT molecular complexity index is 801. The fourth-order valence-electron chi connectivity index (χ4n) is 4.42. The van der Waals surface area contributed by atoms with E-state index in [9.17, 15) is 9.59 Å². The lowest BCUT2D eigenvalue weighted by Gasteiger charge is -2.54. The van der Waals surface area contributed by atoms with Crippen molar-refractivity contribution in [3.8, 4) is 11.5 Å². The Kier molecular flexibility index (Phi) is 4.63. The van der Waals surface area contributed by atoms with Crippen molar-refractivity contribution < 1.29 is 33.6 Å². The van der Waals surface area contributed by atoms with Crippen LogP contribution in [0.5, 0.6) is 11.5 Å². The van der Waals surface area contributed by atoms with Crippen molar-refractivity contribution in [2.75, 3.05) is 27.1 Å². The van der Waals surface area contributed by atoms with Gasteiger partial charge < -0.3 is 29.4 Å². The van der Waals surface area contributed by atoms with Gasteiger partial charge >= 0.3 is 11.9 Å². The highest BCUT2D eigenvalue weighted by Gasteiger charge is 2.54. The molecule has 27 heavy (non-hydrogen) atoms. The molecule has 2 bridgehead atoms. The zero-order chi connectivity index (χ0) is 19.0. The van der Waals surface area contributed by atoms with Crippen molar-refractivity contribution >= 4 is 11.9 Å². The Hall–Kier alpha value is -2.42. The number of benzene rings is 1.